The molecule has 62 heavy (non-hydrogen) atoms. The zero-order chi connectivity index (χ0) is 41.0. The molecule has 0 N–H and O–H groups in total. The molecule has 12 rings (SSSR count). The Balaban J connectivity index is 1.04. The van der Waals surface area contributed by atoms with Gasteiger partial charge in [-0.3, -0.25) is 0 Å². The summed E-state index contributed by atoms with van der Waals surface area (Å²) in [4.78, 5) is 2.36. The fourth-order valence-electron chi connectivity index (χ4n) is 9.58. The van der Waals surface area contributed by atoms with Gasteiger partial charge in [0.25, 0.3) is 0 Å². The Hall–Kier alpha value is -8.20. The summed E-state index contributed by atoms with van der Waals surface area (Å²) >= 11 is 0. The summed E-state index contributed by atoms with van der Waals surface area (Å²) in [6, 6.07) is 85.2. The molecule has 11 aromatic carbocycles. The minimum atomic E-state index is 0.854. The van der Waals surface area contributed by atoms with Crippen molar-refractivity contribution < 1.29 is 4.42 Å². The summed E-state index contributed by atoms with van der Waals surface area (Å²) in [6.07, 6.45) is 0. The molecule has 0 bridgehead atoms. The molecule has 0 amide bonds. The van der Waals surface area contributed by atoms with Crippen LogP contribution in [-0.2, 0) is 0 Å². The lowest BCUT2D eigenvalue weighted by Gasteiger charge is -2.26. The van der Waals surface area contributed by atoms with E-state index in [9.17, 15) is 0 Å². The molecule has 2 heteroatoms. The molecule has 1 heterocycles. The highest BCUT2D eigenvalue weighted by Gasteiger charge is 2.24. The van der Waals surface area contributed by atoms with E-state index in [1.807, 2.05) is 0 Å². The van der Waals surface area contributed by atoms with Crippen molar-refractivity contribution >= 4 is 71.1 Å². The maximum Gasteiger partial charge on any atom is 0.143 e. The van der Waals surface area contributed by atoms with Gasteiger partial charge in [-0.1, -0.05) is 200 Å². The van der Waals surface area contributed by atoms with Crippen LogP contribution in [-0.4, -0.2) is 0 Å². The molecule has 0 aliphatic rings. The number of nitrogens with zero attached hydrogens (tertiary/aromatic N) is 1. The Morgan fingerprint density at radius 2 is 0.742 bits per heavy atom. The van der Waals surface area contributed by atoms with Crippen molar-refractivity contribution in [1.82, 2.24) is 0 Å². The second-order valence-electron chi connectivity index (χ2n) is 16.0. The van der Waals surface area contributed by atoms with E-state index in [-0.39, 0.29) is 0 Å². The van der Waals surface area contributed by atoms with Crippen molar-refractivity contribution in [3.8, 4) is 44.7 Å². The van der Waals surface area contributed by atoms with Crippen molar-refractivity contribution in [2.45, 2.75) is 0 Å². The first kappa shape index (κ1) is 35.7. The standard InChI is InChI=1S/C60H39NO/c1-2-17-44(18-3-1)57-58-55-27-10-8-25-53(55)54-26-9-11-28-56(54)60(58)62-59(57)45-21-12-22-48(39-45)61(46-35-31-42(32-36-46)51-29-13-19-40-15-4-6-23-49(40)51)47-37-33-43(34-38-47)52-30-14-20-41-16-5-7-24-50(41)52/h1-39H. The van der Waals surface area contributed by atoms with Gasteiger partial charge in [-0.2, -0.15) is 0 Å². The predicted molar refractivity (Wildman–Crippen MR) is 263 cm³/mol. The summed E-state index contributed by atoms with van der Waals surface area (Å²) < 4.78 is 7.19. The normalized spacial score (nSPS) is 11.5. The van der Waals surface area contributed by atoms with Crippen LogP contribution in [0.25, 0.3) is 98.8 Å². The van der Waals surface area contributed by atoms with Gasteiger partial charge in [0.15, 0.2) is 0 Å². The highest BCUT2D eigenvalue weighted by molar-refractivity contribution is 6.28. The van der Waals surface area contributed by atoms with Gasteiger partial charge in [-0.05, 0) is 102 Å². The Labute approximate surface area is 360 Å². The minimum absolute atomic E-state index is 0.854. The van der Waals surface area contributed by atoms with Gasteiger partial charge in [0.2, 0.25) is 0 Å². The first-order chi connectivity index (χ1) is 30.8. The first-order valence-corrected chi connectivity index (χ1v) is 21.3. The number of anilines is 3. The van der Waals surface area contributed by atoms with Crippen LogP contribution in [0.3, 0.4) is 0 Å². The van der Waals surface area contributed by atoms with Gasteiger partial charge in [-0.25, -0.2) is 0 Å². The average Bonchev–Trinajstić information content (AvgIpc) is 3.76. The molecule has 0 aliphatic carbocycles. The van der Waals surface area contributed by atoms with Crippen molar-refractivity contribution in [2.75, 3.05) is 4.90 Å². The third-order valence-corrected chi connectivity index (χ3v) is 12.4. The van der Waals surface area contributed by atoms with Gasteiger partial charge < -0.3 is 9.32 Å². The van der Waals surface area contributed by atoms with E-state index in [1.54, 1.807) is 0 Å². The fourth-order valence-corrected chi connectivity index (χ4v) is 9.58. The molecule has 0 unspecified atom stereocenters. The monoisotopic (exact) mass is 789 g/mol. The molecular weight excluding hydrogens is 751 g/mol. The number of hydrogen-bond donors (Lipinski definition) is 0. The second-order valence-corrected chi connectivity index (χ2v) is 16.0. The van der Waals surface area contributed by atoms with E-state index >= 15 is 0 Å². The molecular formula is C60H39NO. The third-order valence-electron chi connectivity index (χ3n) is 12.4. The quantitative estimate of drug-likeness (QED) is 0.150. The SMILES string of the molecule is c1ccc(-c2c(-c3cccc(N(c4ccc(-c5cccc6ccccc56)cc4)c4ccc(-c5cccc6ccccc56)cc4)c3)oc3c4ccccc4c4ccccc4c23)cc1. The number of furan rings is 1. The maximum atomic E-state index is 7.19. The van der Waals surface area contributed by atoms with Gasteiger partial charge in [-0.15, -0.1) is 0 Å². The Bertz CT molecular complexity index is 3490. The van der Waals surface area contributed by atoms with E-state index in [4.69, 9.17) is 4.42 Å². The van der Waals surface area contributed by atoms with E-state index < -0.39 is 0 Å². The number of fused-ring (bicyclic) bond motifs is 8. The predicted octanol–water partition coefficient (Wildman–Crippen LogP) is 17.2. The fraction of sp³-hybridized carbons (Fsp3) is 0. The van der Waals surface area contributed by atoms with Crippen LogP contribution >= 0.6 is 0 Å². The zero-order valence-corrected chi connectivity index (χ0v) is 33.9. The summed E-state index contributed by atoms with van der Waals surface area (Å²) in [5, 5.41) is 10.8. The lowest BCUT2D eigenvalue weighted by molar-refractivity contribution is 0.636. The van der Waals surface area contributed by atoms with Crippen molar-refractivity contribution in [2.24, 2.45) is 0 Å². The average molecular weight is 790 g/mol. The summed E-state index contributed by atoms with van der Waals surface area (Å²) in [5.41, 5.74) is 12.1. The summed E-state index contributed by atoms with van der Waals surface area (Å²) in [6.45, 7) is 0. The largest absolute Gasteiger partial charge is 0.455 e. The number of hydrogen-bond acceptors (Lipinski definition) is 2. The van der Waals surface area contributed by atoms with E-state index in [0.29, 0.717) is 0 Å². The van der Waals surface area contributed by atoms with Crippen LogP contribution in [0, 0.1) is 0 Å². The highest BCUT2D eigenvalue weighted by Crippen LogP contribution is 2.48. The molecule has 1 aromatic heterocycles. The molecule has 0 saturated heterocycles. The van der Waals surface area contributed by atoms with Crippen molar-refractivity contribution in [3.63, 3.8) is 0 Å². The van der Waals surface area contributed by atoms with Crippen LogP contribution in [0.15, 0.2) is 241 Å². The molecule has 0 fully saturated rings. The zero-order valence-electron chi connectivity index (χ0n) is 33.9. The molecule has 290 valence electrons. The molecule has 0 saturated carbocycles. The Kier molecular flexibility index (Phi) is 8.53. The highest BCUT2D eigenvalue weighted by atomic mass is 16.3. The van der Waals surface area contributed by atoms with Crippen molar-refractivity contribution in [1.29, 1.82) is 0 Å². The Morgan fingerprint density at radius 3 is 1.34 bits per heavy atom. The topological polar surface area (TPSA) is 16.4 Å². The number of benzene rings is 11. The van der Waals surface area contributed by atoms with E-state index in [2.05, 4.69) is 241 Å². The molecule has 0 radical (unpaired) electrons. The van der Waals surface area contributed by atoms with Crippen LogP contribution in [0.2, 0.25) is 0 Å². The van der Waals surface area contributed by atoms with Gasteiger partial charge >= 0.3 is 0 Å². The van der Waals surface area contributed by atoms with Crippen LogP contribution < -0.4 is 4.90 Å². The van der Waals surface area contributed by atoms with Gasteiger partial charge in [0.1, 0.15) is 11.3 Å². The molecule has 0 spiro atoms. The second kappa shape index (κ2) is 14.8. The molecule has 12 aromatic rings. The molecule has 0 aliphatic heterocycles. The van der Waals surface area contributed by atoms with Crippen LogP contribution in [0.1, 0.15) is 0 Å². The van der Waals surface area contributed by atoms with E-state index in [0.717, 1.165) is 55.9 Å². The smallest absolute Gasteiger partial charge is 0.143 e. The number of rotatable bonds is 7. The lowest BCUT2D eigenvalue weighted by Crippen LogP contribution is -2.10. The van der Waals surface area contributed by atoms with Crippen LogP contribution in [0.5, 0.6) is 0 Å². The van der Waals surface area contributed by atoms with E-state index in [1.165, 1.54) is 60.0 Å². The lowest BCUT2D eigenvalue weighted by atomic mass is 9.92. The van der Waals surface area contributed by atoms with Crippen LogP contribution in [0.4, 0.5) is 17.1 Å². The summed E-state index contributed by atoms with van der Waals surface area (Å²) in [5.74, 6) is 0.854. The first-order valence-electron chi connectivity index (χ1n) is 21.3. The third kappa shape index (κ3) is 5.96. The molecule has 2 nitrogen and oxygen atoms in total. The molecule has 0 atom stereocenters. The summed E-state index contributed by atoms with van der Waals surface area (Å²) in [7, 11) is 0. The minimum Gasteiger partial charge on any atom is -0.455 e. The van der Waals surface area contributed by atoms with Gasteiger partial charge in [0, 0.05) is 39.0 Å². The Morgan fingerprint density at radius 1 is 0.290 bits per heavy atom. The van der Waals surface area contributed by atoms with Crippen molar-refractivity contribution in [3.05, 3.63) is 237 Å². The maximum absolute atomic E-state index is 7.19. The van der Waals surface area contributed by atoms with Gasteiger partial charge in [0.05, 0.1) is 0 Å².